The van der Waals surface area contributed by atoms with Gasteiger partial charge in [0, 0.05) is 25.2 Å². The van der Waals surface area contributed by atoms with E-state index in [4.69, 9.17) is 0 Å². The Morgan fingerprint density at radius 2 is 2.35 bits per heavy atom. The molecule has 7 heteroatoms. The van der Waals surface area contributed by atoms with E-state index in [-0.39, 0.29) is 35.9 Å². The molecule has 1 aliphatic rings. The fourth-order valence-corrected chi connectivity index (χ4v) is 3.67. The Balaban J connectivity index is 1.86. The number of sulfone groups is 1. The first kappa shape index (κ1) is 14.9. The molecule has 1 amide bonds. The Hall–Kier alpha value is -1.47. The molecule has 2 N–H and O–H groups in total. The predicted molar refractivity (Wildman–Crippen MR) is 75.9 cm³/mol. The highest BCUT2D eigenvalue weighted by molar-refractivity contribution is 7.91. The summed E-state index contributed by atoms with van der Waals surface area (Å²) in [5, 5.41) is 5.90. The summed E-state index contributed by atoms with van der Waals surface area (Å²) in [6.45, 7) is 2.27. The van der Waals surface area contributed by atoms with E-state index in [0.717, 1.165) is 5.69 Å². The van der Waals surface area contributed by atoms with Gasteiger partial charge in [0.05, 0.1) is 23.2 Å². The Morgan fingerprint density at radius 3 is 3.00 bits per heavy atom. The van der Waals surface area contributed by atoms with Gasteiger partial charge in [-0.05, 0) is 19.1 Å². The molecule has 0 bridgehead atoms. The highest BCUT2D eigenvalue weighted by atomic mass is 32.2. The van der Waals surface area contributed by atoms with Crippen LogP contribution in [0.25, 0.3) is 0 Å². The van der Waals surface area contributed by atoms with Crippen LogP contribution in [-0.2, 0) is 14.6 Å². The lowest BCUT2D eigenvalue weighted by Gasteiger charge is -2.23. The molecule has 0 radical (unpaired) electrons. The van der Waals surface area contributed by atoms with Crippen LogP contribution in [-0.4, -0.2) is 43.4 Å². The van der Waals surface area contributed by atoms with Gasteiger partial charge in [0.1, 0.15) is 0 Å². The van der Waals surface area contributed by atoms with Crippen LogP contribution in [0.2, 0.25) is 0 Å². The predicted octanol–water partition coefficient (Wildman–Crippen LogP) is 0.0355. The molecular formula is C13H19N3O3S. The van der Waals surface area contributed by atoms with Gasteiger partial charge in [0.25, 0.3) is 0 Å². The van der Waals surface area contributed by atoms with Gasteiger partial charge in [0.2, 0.25) is 5.91 Å². The summed E-state index contributed by atoms with van der Waals surface area (Å²) in [4.78, 5) is 16.1. The Bertz CT molecular complexity index is 559. The molecular weight excluding hydrogens is 278 g/mol. The Kier molecular flexibility index (Phi) is 4.72. The first-order valence-electron chi connectivity index (χ1n) is 6.60. The number of nitrogens with one attached hydrogen (secondary N) is 2. The molecule has 0 spiro atoms. The molecule has 2 rings (SSSR count). The third-order valence-electron chi connectivity index (χ3n) is 3.24. The monoisotopic (exact) mass is 297 g/mol. The molecule has 1 fully saturated rings. The summed E-state index contributed by atoms with van der Waals surface area (Å²) in [6.07, 6.45) is 1.84. The number of pyridine rings is 1. The van der Waals surface area contributed by atoms with E-state index in [9.17, 15) is 13.2 Å². The molecule has 2 atom stereocenters. The lowest BCUT2D eigenvalue weighted by atomic mass is 10.1. The molecule has 110 valence electrons. The van der Waals surface area contributed by atoms with Crippen LogP contribution < -0.4 is 10.6 Å². The number of carbonyl (C=O) groups excluding carboxylic acids is 1. The quantitative estimate of drug-likeness (QED) is 0.819. The second-order valence-corrected chi connectivity index (χ2v) is 7.24. The molecule has 1 aromatic rings. The van der Waals surface area contributed by atoms with Crippen LogP contribution in [0.15, 0.2) is 24.4 Å². The molecule has 1 aliphatic heterocycles. The van der Waals surface area contributed by atoms with E-state index >= 15 is 0 Å². The van der Waals surface area contributed by atoms with E-state index in [1.807, 2.05) is 25.1 Å². The lowest BCUT2D eigenvalue weighted by molar-refractivity contribution is -0.122. The summed E-state index contributed by atoms with van der Waals surface area (Å²) in [6, 6.07) is 5.03. The minimum atomic E-state index is -3.01. The average molecular weight is 297 g/mol. The summed E-state index contributed by atoms with van der Waals surface area (Å²) in [7, 11) is -3.01. The maximum atomic E-state index is 11.9. The molecule has 2 heterocycles. The van der Waals surface area contributed by atoms with Crippen molar-refractivity contribution in [2.45, 2.75) is 25.4 Å². The number of nitrogens with zero attached hydrogens (tertiary/aromatic N) is 1. The largest absolute Gasteiger partial charge is 0.348 e. The van der Waals surface area contributed by atoms with Gasteiger partial charge in [-0.15, -0.1) is 0 Å². The van der Waals surface area contributed by atoms with Crippen molar-refractivity contribution in [3.05, 3.63) is 30.1 Å². The molecule has 2 unspecified atom stereocenters. The SMILES string of the molecule is CC(NC(=O)CC1CS(=O)(=O)CCN1)c1ccccn1. The van der Waals surface area contributed by atoms with Crippen molar-refractivity contribution in [3.8, 4) is 0 Å². The summed E-state index contributed by atoms with van der Waals surface area (Å²) >= 11 is 0. The van der Waals surface area contributed by atoms with Crippen molar-refractivity contribution in [1.29, 1.82) is 0 Å². The van der Waals surface area contributed by atoms with Gasteiger partial charge < -0.3 is 10.6 Å². The molecule has 0 aliphatic carbocycles. The molecule has 1 aromatic heterocycles. The normalized spacial score (nSPS) is 22.9. The maximum Gasteiger partial charge on any atom is 0.222 e. The summed E-state index contributed by atoms with van der Waals surface area (Å²) in [5.41, 5.74) is 0.782. The lowest BCUT2D eigenvalue weighted by Crippen LogP contribution is -2.47. The Labute approximate surface area is 118 Å². The zero-order valence-corrected chi connectivity index (χ0v) is 12.2. The van der Waals surface area contributed by atoms with Crippen LogP contribution in [0.4, 0.5) is 0 Å². The highest BCUT2D eigenvalue weighted by Crippen LogP contribution is 2.10. The number of hydrogen-bond acceptors (Lipinski definition) is 5. The minimum Gasteiger partial charge on any atom is -0.348 e. The van der Waals surface area contributed by atoms with Gasteiger partial charge in [-0.25, -0.2) is 8.42 Å². The van der Waals surface area contributed by atoms with Gasteiger partial charge >= 0.3 is 0 Å². The smallest absolute Gasteiger partial charge is 0.222 e. The van der Waals surface area contributed by atoms with Crippen LogP contribution in [0, 0.1) is 0 Å². The molecule has 0 aromatic carbocycles. The van der Waals surface area contributed by atoms with Crippen molar-refractivity contribution in [2.75, 3.05) is 18.1 Å². The third kappa shape index (κ3) is 4.28. The number of aromatic nitrogens is 1. The van der Waals surface area contributed by atoms with Gasteiger partial charge in [-0.1, -0.05) is 6.07 Å². The first-order chi connectivity index (χ1) is 9.46. The fourth-order valence-electron chi connectivity index (χ4n) is 2.23. The zero-order valence-electron chi connectivity index (χ0n) is 11.4. The number of amides is 1. The van der Waals surface area contributed by atoms with Gasteiger partial charge in [0.15, 0.2) is 9.84 Å². The van der Waals surface area contributed by atoms with Crippen LogP contribution in [0.3, 0.4) is 0 Å². The van der Waals surface area contributed by atoms with E-state index in [1.165, 1.54) is 0 Å². The van der Waals surface area contributed by atoms with Crippen LogP contribution >= 0.6 is 0 Å². The molecule has 20 heavy (non-hydrogen) atoms. The second-order valence-electron chi connectivity index (χ2n) is 5.01. The van der Waals surface area contributed by atoms with Crippen molar-refractivity contribution >= 4 is 15.7 Å². The van der Waals surface area contributed by atoms with Crippen molar-refractivity contribution in [3.63, 3.8) is 0 Å². The van der Waals surface area contributed by atoms with E-state index in [1.54, 1.807) is 6.20 Å². The van der Waals surface area contributed by atoms with Crippen molar-refractivity contribution < 1.29 is 13.2 Å². The van der Waals surface area contributed by atoms with E-state index in [0.29, 0.717) is 6.54 Å². The zero-order chi connectivity index (χ0) is 14.6. The summed E-state index contributed by atoms with van der Waals surface area (Å²) < 4.78 is 23.0. The van der Waals surface area contributed by atoms with Gasteiger partial charge in [-0.2, -0.15) is 0 Å². The number of rotatable bonds is 4. The fraction of sp³-hybridized carbons (Fsp3) is 0.538. The maximum absolute atomic E-state index is 11.9. The Morgan fingerprint density at radius 1 is 1.55 bits per heavy atom. The number of carbonyl (C=O) groups is 1. The summed E-state index contributed by atoms with van der Waals surface area (Å²) in [5.74, 6) is 0.00570. The third-order valence-corrected chi connectivity index (χ3v) is 4.98. The average Bonchev–Trinajstić information content (AvgIpc) is 2.38. The van der Waals surface area contributed by atoms with Crippen molar-refractivity contribution in [2.24, 2.45) is 0 Å². The highest BCUT2D eigenvalue weighted by Gasteiger charge is 2.26. The molecule has 1 saturated heterocycles. The molecule has 6 nitrogen and oxygen atoms in total. The number of hydrogen-bond donors (Lipinski definition) is 2. The van der Waals surface area contributed by atoms with Crippen LogP contribution in [0.5, 0.6) is 0 Å². The first-order valence-corrected chi connectivity index (χ1v) is 8.42. The van der Waals surface area contributed by atoms with Gasteiger partial charge in [-0.3, -0.25) is 9.78 Å². The van der Waals surface area contributed by atoms with Crippen molar-refractivity contribution in [1.82, 2.24) is 15.6 Å². The van der Waals surface area contributed by atoms with E-state index < -0.39 is 9.84 Å². The van der Waals surface area contributed by atoms with E-state index in [2.05, 4.69) is 15.6 Å². The molecule has 0 saturated carbocycles. The minimum absolute atomic E-state index is 0.0262. The van der Waals surface area contributed by atoms with Crippen LogP contribution in [0.1, 0.15) is 25.1 Å². The standard InChI is InChI=1S/C13H19N3O3S/c1-10(12-4-2-3-5-15-12)16-13(17)8-11-9-20(18,19)7-6-14-11/h2-5,10-11,14H,6-9H2,1H3,(H,16,17). The topological polar surface area (TPSA) is 88.2 Å². The second kappa shape index (κ2) is 6.32.